The number of aromatic nitrogens is 1. The first-order valence-electron chi connectivity index (χ1n) is 5.54. The topological polar surface area (TPSA) is 59.5 Å². The minimum absolute atomic E-state index is 0.206. The second-order valence-electron chi connectivity index (χ2n) is 3.40. The highest BCUT2D eigenvalue weighted by Crippen LogP contribution is 2.04. The average molecular weight is 236 g/mol. The van der Waals surface area contributed by atoms with Crippen LogP contribution in [0.5, 0.6) is 0 Å². The van der Waals surface area contributed by atoms with Gasteiger partial charge in [0.2, 0.25) is 0 Å². The van der Waals surface area contributed by atoms with E-state index in [1.54, 1.807) is 31.5 Å². The fourth-order valence-electron chi connectivity index (χ4n) is 1.36. The molecule has 0 aliphatic carbocycles. The first kappa shape index (κ1) is 13.2. The van der Waals surface area contributed by atoms with E-state index in [1.807, 2.05) is 6.92 Å². The van der Waals surface area contributed by atoms with Crippen LogP contribution in [0.2, 0.25) is 0 Å². The fourth-order valence-corrected chi connectivity index (χ4v) is 1.36. The first-order valence-corrected chi connectivity index (χ1v) is 5.54. The lowest BCUT2D eigenvalue weighted by Gasteiger charge is -2.19. The molecule has 1 amide bonds. The van der Waals surface area contributed by atoms with Crippen molar-refractivity contribution in [1.29, 1.82) is 0 Å². The summed E-state index contributed by atoms with van der Waals surface area (Å²) < 4.78 is 4.68. The van der Waals surface area contributed by atoms with Gasteiger partial charge in [-0.25, -0.2) is 4.79 Å². The van der Waals surface area contributed by atoms with Crippen molar-refractivity contribution in [3.8, 4) is 0 Å². The van der Waals surface area contributed by atoms with Gasteiger partial charge in [-0.1, -0.05) is 0 Å². The maximum atomic E-state index is 11.7. The van der Waals surface area contributed by atoms with Crippen molar-refractivity contribution in [3.05, 3.63) is 30.1 Å². The van der Waals surface area contributed by atoms with Gasteiger partial charge >= 0.3 is 11.9 Å². The summed E-state index contributed by atoms with van der Waals surface area (Å²) in [6, 6.07) is 3.61. The zero-order chi connectivity index (χ0) is 12.7. The maximum Gasteiger partial charge on any atom is 0.397 e. The molecule has 0 radical (unpaired) electrons. The third-order valence-corrected chi connectivity index (χ3v) is 2.24. The van der Waals surface area contributed by atoms with E-state index in [2.05, 4.69) is 9.72 Å². The maximum absolute atomic E-state index is 11.7. The summed E-state index contributed by atoms with van der Waals surface area (Å²) in [6.45, 7) is 4.54. The molecule has 0 saturated carbocycles. The van der Waals surface area contributed by atoms with Crippen LogP contribution in [0.3, 0.4) is 0 Å². The van der Waals surface area contributed by atoms with Crippen LogP contribution in [-0.2, 0) is 20.9 Å². The number of hydrogen-bond acceptors (Lipinski definition) is 4. The summed E-state index contributed by atoms with van der Waals surface area (Å²) in [4.78, 5) is 28.3. The van der Waals surface area contributed by atoms with Crippen LogP contribution in [0.1, 0.15) is 19.4 Å². The van der Waals surface area contributed by atoms with Crippen molar-refractivity contribution >= 4 is 11.9 Å². The van der Waals surface area contributed by atoms with E-state index >= 15 is 0 Å². The van der Waals surface area contributed by atoms with E-state index in [1.165, 1.54) is 4.90 Å². The Morgan fingerprint density at radius 2 is 1.94 bits per heavy atom. The van der Waals surface area contributed by atoms with Gasteiger partial charge in [0, 0.05) is 25.5 Å². The lowest BCUT2D eigenvalue weighted by molar-refractivity contribution is -0.160. The molecule has 0 fully saturated rings. The molecule has 1 heterocycles. The van der Waals surface area contributed by atoms with Gasteiger partial charge in [-0.15, -0.1) is 0 Å². The SMILES string of the molecule is CCOC(=O)C(=O)N(CC)Cc1ccncc1. The van der Waals surface area contributed by atoms with E-state index in [9.17, 15) is 9.59 Å². The molecule has 0 N–H and O–H groups in total. The molecule has 5 nitrogen and oxygen atoms in total. The Labute approximate surface area is 100 Å². The first-order chi connectivity index (χ1) is 8.19. The molecule has 0 aromatic carbocycles. The highest BCUT2D eigenvalue weighted by molar-refractivity contribution is 6.32. The molecule has 17 heavy (non-hydrogen) atoms. The van der Waals surface area contributed by atoms with Crippen LogP contribution < -0.4 is 0 Å². The molecule has 0 aliphatic rings. The van der Waals surface area contributed by atoms with Gasteiger partial charge in [0.05, 0.1) is 6.61 Å². The quantitative estimate of drug-likeness (QED) is 0.578. The number of pyridine rings is 1. The molecule has 0 atom stereocenters. The predicted octanol–water partition coefficient (Wildman–Crippen LogP) is 0.993. The summed E-state index contributed by atoms with van der Waals surface area (Å²) in [5.41, 5.74) is 0.930. The number of nitrogens with zero attached hydrogens (tertiary/aromatic N) is 2. The summed E-state index contributed by atoms with van der Waals surface area (Å²) in [5.74, 6) is -1.41. The minimum Gasteiger partial charge on any atom is -0.459 e. The number of hydrogen-bond donors (Lipinski definition) is 0. The van der Waals surface area contributed by atoms with Gasteiger partial charge < -0.3 is 9.64 Å². The van der Waals surface area contributed by atoms with Crippen LogP contribution in [0.4, 0.5) is 0 Å². The molecular weight excluding hydrogens is 220 g/mol. The van der Waals surface area contributed by atoms with Gasteiger partial charge in [0.15, 0.2) is 0 Å². The zero-order valence-electron chi connectivity index (χ0n) is 10.0. The Morgan fingerprint density at radius 1 is 1.29 bits per heavy atom. The standard InChI is InChI=1S/C12H16N2O3/c1-3-14(11(15)12(16)17-4-2)9-10-5-7-13-8-6-10/h5-8H,3-4,9H2,1-2H3. The summed E-state index contributed by atoms with van der Waals surface area (Å²) >= 11 is 0. The Balaban J connectivity index is 2.66. The van der Waals surface area contributed by atoms with Crippen molar-refractivity contribution in [3.63, 3.8) is 0 Å². The number of likely N-dealkylation sites (N-methyl/N-ethyl adjacent to an activating group) is 1. The van der Waals surface area contributed by atoms with E-state index < -0.39 is 11.9 Å². The van der Waals surface area contributed by atoms with Gasteiger partial charge in [-0.05, 0) is 31.5 Å². The van der Waals surface area contributed by atoms with E-state index in [0.29, 0.717) is 13.1 Å². The second-order valence-corrected chi connectivity index (χ2v) is 3.40. The summed E-state index contributed by atoms with van der Waals surface area (Å²) in [6.07, 6.45) is 3.30. The van der Waals surface area contributed by atoms with Crippen LogP contribution in [0, 0.1) is 0 Å². The van der Waals surface area contributed by atoms with Crippen molar-refractivity contribution in [1.82, 2.24) is 9.88 Å². The molecule has 5 heteroatoms. The average Bonchev–Trinajstić information content (AvgIpc) is 2.36. The summed E-state index contributed by atoms with van der Waals surface area (Å²) in [7, 11) is 0. The van der Waals surface area contributed by atoms with Gasteiger partial charge in [-0.3, -0.25) is 9.78 Å². The van der Waals surface area contributed by atoms with Crippen LogP contribution >= 0.6 is 0 Å². The number of carbonyl (C=O) groups is 2. The smallest absolute Gasteiger partial charge is 0.397 e. The molecule has 0 bridgehead atoms. The van der Waals surface area contributed by atoms with Crippen LogP contribution in [0.15, 0.2) is 24.5 Å². The molecule has 1 aromatic rings. The lowest BCUT2D eigenvalue weighted by Crippen LogP contribution is -2.37. The molecule has 0 aliphatic heterocycles. The Morgan fingerprint density at radius 3 is 2.47 bits per heavy atom. The van der Waals surface area contributed by atoms with Crippen LogP contribution in [-0.4, -0.2) is 34.9 Å². The molecular formula is C12H16N2O3. The van der Waals surface area contributed by atoms with Crippen LogP contribution in [0.25, 0.3) is 0 Å². The largest absolute Gasteiger partial charge is 0.459 e. The minimum atomic E-state index is -0.802. The number of rotatable bonds is 4. The predicted molar refractivity (Wildman–Crippen MR) is 62.0 cm³/mol. The molecule has 1 rings (SSSR count). The van der Waals surface area contributed by atoms with Gasteiger partial charge in [0.25, 0.3) is 0 Å². The van der Waals surface area contributed by atoms with E-state index in [4.69, 9.17) is 0 Å². The number of amides is 1. The highest BCUT2D eigenvalue weighted by atomic mass is 16.5. The molecule has 92 valence electrons. The number of ether oxygens (including phenoxy) is 1. The third-order valence-electron chi connectivity index (χ3n) is 2.24. The van der Waals surface area contributed by atoms with Crippen molar-refractivity contribution in [2.75, 3.05) is 13.2 Å². The Kier molecular flexibility index (Phi) is 5.13. The normalized spacial score (nSPS) is 9.76. The van der Waals surface area contributed by atoms with Crippen molar-refractivity contribution < 1.29 is 14.3 Å². The monoisotopic (exact) mass is 236 g/mol. The number of esters is 1. The van der Waals surface area contributed by atoms with E-state index in [0.717, 1.165) is 5.56 Å². The van der Waals surface area contributed by atoms with Crippen molar-refractivity contribution in [2.45, 2.75) is 20.4 Å². The lowest BCUT2D eigenvalue weighted by atomic mass is 10.2. The third kappa shape index (κ3) is 3.86. The second kappa shape index (κ2) is 6.62. The fraction of sp³-hybridized carbons (Fsp3) is 0.417. The van der Waals surface area contributed by atoms with E-state index in [-0.39, 0.29) is 6.61 Å². The molecule has 0 saturated heterocycles. The molecule has 0 spiro atoms. The molecule has 1 aromatic heterocycles. The Hall–Kier alpha value is -1.91. The molecule has 0 unspecified atom stereocenters. The van der Waals surface area contributed by atoms with Gasteiger partial charge in [0.1, 0.15) is 0 Å². The highest BCUT2D eigenvalue weighted by Gasteiger charge is 2.21. The number of carbonyl (C=O) groups excluding carboxylic acids is 2. The Bertz CT molecular complexity index is 379. The van der Waals surface area contributed by atoms with Crippen molar-refractivity contribution in [2.24, 2.45) is 0 Å². The van der Waals surface area contributed by atoms with Gasteiger partial charge in [-0.2, -0.15) is 0 Å². The summed E-state index contributed by atoms with van der Waals surface area (Å²) in [5, 5.41) is 0. The zero-order valence-corrected chi connectivity index (χ0v) is 10.0.